The molecule has 1 aliphatic heterocycles. The molecule has 2 rings (SSSR count). The lowest BCUT2D eigenvalue weighted by molar-refractivity contribution is -0.121. The van der Waals surface area contributed by atoms with Crippen LogP contribution >= 0.6 is 0 Å². The van der Waals surface area contributed by atoms with E-state index in [9.17, 15) is 4.79 Å². The zero-order valence-electron chi connectivity index (χ0n) is 10.1. The van der Waals surface area contributed by atoms with Crippen molar-refractivity contribution in [2.75, 3.05) is 23.8 Å². The Hall–Kier alpha value is -1.51. The van der Waals surface area contributed by atoms with Crippen LogP contribution in [0.2, 0.25) is 0 Å². The number of hydrogen-bond acceptors (Lipinski definition) is 2. The molecule has 16 heavy (non-hydrogen) atoms. The number of carbonyl (C=O) groups is 1. The maximum Gasteiger partial charge on any atom is 0.231 e. The van der Waals surface area contributed by atoms with Crippen molar-refractivity contribution >= 4 is 17.3 Å². The molecule has 3 heteroatoms. The van der Waals surface area contributed by atoms with E-state index >= 15 is 0 Å². The zero-order chi connectivity index (χ0) is 11.7. The van der Waals surface area contributed by atoms with Crippen LogP contribution in [-0.4, -0.2) is 19.5 Å². The topological polar surface area (TPSA) is 32.3 Å². The van der Waals surface area contributed by atoms with Gasteiger partial charge < -0.3 is 10.2 Å². The molecule has 0 aliphatic carbocycles. The first-order chi connectivity index (χ1) is 7.65. The highest BCUT2D eigenvalue weighted by Crippen LogP contribution is 2.33. The second-order valence-electron chi connectivity index (χ2n) is 4.35. The summed E-state index contributed by atoms with van der Waals surface area (Å²) in [6.45, 7) is 4.79. The number of nitrogens with one attached hydrogen (secondary N) is 1. The summed E-state index contributed by atoms with van der Waals surface area (Å²) in [4.78, 5) is 13.9. The second kappa shape index (κ2) is 4.16. The largest absolute Gasteiger partial charge is 0.383 e. The smallest absolute Gasteiger partial charge is 0.231 e. The molecule has 0 spiro atoms. The van der Waals surface area contributed by atoms with Gasteiger partial charge >= 0.3 is 0 Å². The first-order valence-electron chi connectivity index (χ1n) is 5.78. The number of fused-ring (bicyclic) bond motifs is 1. The van der Waals surface area contributed by atoms with Gasteiger partial charge in [-0.25, -0.2) is 0 Å². The van der Waals surface area contributed by atoms with Crippen molar-refractivity contribution in [3.05, 3.63) is 23.8 Å². The van der Waals surface area contributed by atoms with Gasteiger partial charge in [0.25, 0.3) is 0 Å². The fraction of sp³-hybridized carbons (Fsp3) is 0.462. The predicted molar refractivity (Wildman–Crippen MR) is 66.9 cm³/mol. The molecule has 1 amide bonds. The fourth-order valence-electron chi connectivity index (χ4n) is 2.21. The number of hydrogen-bond donors (Lipinski definition) is 1. The Labute approximate surface area is 96.5 Å². The summed E-state index contributed by atoms with van der Waals surface area (Å²) in [5, 5.41) is 3.35. The second-order valence-corrected chi connectivity index (χ2v) is 4.35. The Morgan fingerprint density at radius 2 is 2.25 bits per heavy atom. The Morgan fingerprint density at radius 1 is 1.50 bits per heavy atom. The van der Waals surface area contributed by atoms with Crippen LogP contribution in [0.15, 0.2) is 18.2 Å². The fourth-order valence-corrected chi connectivity index (χ4v) is 2.21. The van der Waals surface area contributed by atoms with Crippen LogP contribution in [0.3, 0.4) is 0 Å². The number of carbonyl (C=O) groups excluding carboxylic acids is 1. The van der Waals surface area contributed by atoms with E-state index in [0.717, 1.165) is 17.8 Å². The highest BCUT2D eigenvalue weighted by molar-refractivity contribution is 6.00. The van der Waals surface area contributed by atoms with Crippen LogP contribution in [0.25, 0.3) is 0 Å². The first-order valence-corrected chi connectivity index (χ1v) is 5.78. The summed E-state index contributed by atoms with van der Waals surface area (Å²) in [7, 11) is 1.86. The summed E-state index contributed by atoms with van der Waals surface area (Å²) in [6, 6.07) is 6.16. The standard InChI is InChI=1S/C13H18N2O/c1-4-10-6-5-7-11-12(10)15(3)13(16)9(2)8-14-11/h5-7,9,14H,4,8H2,1-3H3. The Bertz CT molecular complexity index is 414. The number of aryl methyl sites for hydroxylation is 1. The third-order valence-corrected chi connectivity index (χ3v) is 3.19. The molecule has 0 fully saturated rings. The van der Waals surface area contributed by atoms with Gasteiger partial charge in [0.1, 0.15) is 0 Å². The van der Waals surface area contributed by atoms with Crippen molar-refractivity contribution in [2.45, 2.75) is 20.3 Å². The van der Waals surface area contributed by atoms with E-state index in [1.165, 1.54) is 5.56 Å². The van der Waals surface area contributed by atoms with E-state index < -0.39 is 0 Å². The number of benzene rings is 1. The number of rotatable bonds is 1. The van der Waals surface area contributed by atoms with Gasteiger partial charge in [0.15, 0.2) is 0 Å². The Morgan fingerprint density at radius 3 is 2.94 bits per heavy atom. The summed E-state index contributed by atoms with van der Waals surface area (Å²) in [5.74, 6) is 0.217. The van der Waals surface area contributed by atoms with Gasteiger partial charge in [-0.3, -0.25) is 4.79 Å². The SMILES string of the molecule is CCc1cccc2c1N(C)C(=O)C(C)CN2. The van der Waals surface area contributed by atoms with E-state index in [4.69, 9.17) is 0 Å². The minimum atomic E-state index is 0.0297. The molecule has 0 aromatic heterocycles. The van der Waals surface area contributed by atoms with Crippen LogP contribution in [0, 0.1) is 5.92 Å². The third kappa shape index (κ3) is 1.66. The number of anilines is 2. The van der Waals surface area contributed by atoms with E-state index in [-0.39, 0.29) is 11.8 Å². The van der Waals surface area contributed by atoms with Gasteiger partial charge in [-0.1, -0.05) is 26.0 Å². The Kier molecular flexibility index (Phi) is 2.86. The highest BCUT2D eigenvalue weighted by atomic mass is 16.2. The molecular weight excluding hydrogens is 200 g/mol. The third-order valence-electron chi connectivity index (χ3n) is 3.19. The van der Waals surface area contributed by atoms with Crippen molar-refractivity contribution in [3.63, 3.8) is 0 Å². The van der Waals surface area contributed by atoms with Crippen molar-refractivity contribution in [3.8, 4) is 0 Å². The molecule has 1 aromatic carbocycles. The monoisotopic (exact) mass is 218 g/mol. The summed E-state index contributed by atoms with van der Waals surface area (Å²) < 4.78 is 0. The molecule has 0 saturated carbocycles. The summed E-state index contributed by atoms with van der Waals surface area (Å²) >= 11 is 0. The molecule has 1 N–H and O–H groups in total. The summed E-state index contributed by atoms with van der Waals surface area (Å²) in [6.07, 6.45) is 0.941. The normalized spacial score (nSPS) is 20.1. The molecule has 1 aliphatic rings. The molecule has 0 bridgehead atoms. The minimum Gasteiger partial charge on any atom is -0.383 e. The van der Waals surface area contributed by atoms with Gasteiger partial charge in [-0.05, 0) is 18.1 Å². The predicted octanol–water partition coefficient (Wildman–Crippen LogP) is 2.27. The quantitative estimate of drug-likeness (QED) is 0.784. The molecule has 86 valence electrons. The van der Waals surface area contributed by atoms with Crippen LogP contribution in [0.4, 0.5) is 11.4 Å². The van der Waals surface area contributed by atoms with E-state index in [2.05, 4.69) is 18.3 Å². The van der Waals surface area contributed by atoms with E-state index in [1.54, 1.807) is 4.90 Å². The molecule has 0 radical (unpaired) electrons. The molecule has 1 heterocycles. The van der Waals surface area contributed by atoms with Gasteiger partial charge in [-0.15, -0.1) is 0 Å². The zero-order valence-corrected chi connectivity index (χ0v) is 10.1. The maximum atomic E-state index is 12.1. The number of amides is 1. The van der Waals surface area contributed by atoms with Crippen molar-refractivity contribution in [1.82, 2.24) is 0 Å². The average Bonchev–Trinajstić information content (AvgIpc) is 2.42. The first kappa shape index (κ1) is 11.0. The lowest BCUT2D eigenvalue weighted by Gasteiger charge is -2.21. The van der Waals surface area contributed by atoms with Crippen LogP contribution in [-0.2, 0) is 11.2 Å². The molecule has 3 nitrogen and oxygen atoms in total. The van der Waals surface area contributed by atoms with E-state index in [0.29, 0.717) is 6.54 Å². The van der Waals surface area contributed by atoms with Crippen molar-refractivity contribution in [2.24, 2.45) is 5.92 Å². The molecule has 0 saturated heterocycles. The Balaban J connectivity index is 2.53. The lowest BCUT2D eigenvalue weighted by atomic mass is 10.1. The van der Waals surface area contributed by atoms with Gasteiger partial charge in [0.05, 0.1) is 17.3 Å². The van der Waals surface area contributed by atoms with Gasteiger partial charge in [0.2, 0.25) is 5.91 Å². The highest BCUT2D eigenvalue weighted by Gasteiger charge is 2.25. The molecule has 1 unspecified atom stereocenters. The molecule has 1 aromatic rings. The van der Waals surface area contributed by atoms with Crippen molar-refractivity contribution < 1.29 is 4.79 Å². The summed E-state index contributed by atoms with van der Waals surface area (Å²) in [5.41, 5.74) is 3.33. The van der Waals surface area contributed by atoms with Gasteiger partial charge in [-0.2, -0.15) is 0 Å². The van der Waals surface area contributed by atoms with Crippen LogP contribution in [0.1, 0.15) is 19.4 Å². The van der Waals surface area contributed by atoms with E-state index in [1.807, 2.05) is 26.1 Å². The lowest BCUT2D eigenvalue weighted by Crippen LogP contribution is -2.32. The van der Waals surface area contributed by atoms with Gasteiger partial charge in [0, 0.05) is 13.6 Å². The maximum absolute atomic E-state index is 12.1. The molecule has 1 atom stereocenters. The van der Waals surface area contributed by atoms with Crippen LogP contribution < -0.4 is 10.2 Å². The molecular formula is C13H18N2O. The van der Waals surface area contributed by atoms with Crippen molar-refractivity contribution in [1.29, 1.82) is 0 Å². The average molecular weight is 218 g/mol. The number of nitrogens with zero attached hydrogens (tertiary/aromatic N) is 1. The minimum absolute atomic E-state index is 0.0297. The number of para-hydroxylation sites is 1. The van der Waals surface area contributed by atoms with Crippen LogP contribution in [0.5, 0.6) is 0 Å².